The molecule has 0 bridgehead atoms. The van der Waals surface area contributed by atoms with Crippen molar-refractivity contribution in [3.05, 3.63) is 115 Å². The van der Waals surface area contributed by atoms with Crippen LogP contribution in [0.4, 0.5) is 23.0 Å². The van der Waals surface area contributed by atoms with E-state index in [1.807, 2.05) is 54.6 Å². The summed E-state index contributed by atoms with van der Waals surface area (Å²) in [6.07, 6.45) is 5.97. The van der Waals surface area contributed by atoms with Gasteiger partial charge in [0.25, 0.3) is 0 Å². The van der Waals surface area contributed by atoms with Crippen molar-refractivity contribution < 1.29 is 19.7 Å². The highest BCUT2D eigenvalue weighted by Crippen LogP contribution is 2.48. The van der Waals surface area contributed by atoms with E-state index in [4.69, 9.17) is 4.74 Å². The van der Waals surface area contributed by atoms with E-state index in [-0.39, 0.29) is 24.0 Å². The Morgan fingerprint density at radius 2 is 1.30 bits per heavy atom. The molecule has 0 unspecified atom stereocenters. The molecular weight excluding hydrogens is 544 g/mol. The number of carbonyl (C=O) groups is 1. The van der Waals surface area contributed by atoms with Crippen molar-refractivity contribution in [2.75, 3.05) is 29.4 Å². The number of ether oxygens (including phenoxy) is 1. The number of anilines is 4. The standard InChI is InChI=1S/C33H30N6O4/c40-25-11-13-27-29(20-25)43-30-21-26(41)12-14-28(30)39(27)33(42)23-37(22-24-8-1-4-15-34-24)18-7-19-38(31-9-2-5-16-35-31)32-10-3-6-17-36-32/h1-6,8-17,20-21,40-41H,7,18-19,22-23H2. The topological polar surface area (TPSA) is 115 Å². The average molecular weight is 575 g/mol. The molecular formula is C33H30N6O4. The molecule has 6 rings (SSSR count). The minimum Gasteiger partial charge on any atom is -0.508 e. The highest BCUT2D eigenvalue weighted by molar-refractivity contribution is 6.05. The Morgan fingerprint density at radius 1 is 0.721 bits per heavy atom. The van der Waals surface area contributed by atoms with Gasteiger partial charge in [0, 0.05) is 50.4 Å². The number of carbonyl (C=O) groups excluding carboxylic acids is 1. The fourth-order valence-corrected chi connectivity index (χ4v) is 5.08. The largest absolute Gasteiger partial charge is 0.508 e. The maximum atomic E-state index is 14.1. The second-order valence-electron chi connectivity index (χ2n) is 10.0. The third-order valence-corrected chi connectivity index (χ3v) is 7.02. The number of hydrogen-bond acceptors (Lipinski definition) is 9. The monoisotopic (exact) mass is 574 g/mol. The number of hydrogen-bond donors (Lipinski definition) is 2. The zero-order chi connectivity index (χ0) is 29.6. The zero-order valence-corrected chi connectivity index (χ0v) is 23.3. The first kappa shape index (κ1) is 27.7. The second-order valence-corrected chi connectivity index (χ2v) is 10.0. The predicted molar refractivity (Wildman–Crippen MR) is 163 cm³/mol. The van der Waals surface area contributed by atoms with Gasteiger partial charge in [0.2, 0.25) is 5.91 Å². The van der Waals surface area contributed by atoms with Gasteiger partial charge in [0.05, 0.1) is 23.6 Å². The molecule has 4 heterocycles. The number of rotatable bonds is 10. The van der Waals surface area contributed by atoms with Crippen LogP contribution in [0.5, 0.6) is 23.0 Å². The van der Waals surface area contributed by atoms with Crippen LogP contribution in [0.25, 0.3) is 0 Å². The number of fused-ring (bicyclic) bond motifs is 2. The van der Waals surface area contributed by atoms with Gasteiger partial charge in [0.15, 0.2) is 11.5 Å². The molecule has 2 N–H and O–H groups in total. The molecule has 10 heteroatoms. The van der Waals surface area contributed by atoms with E-state index in [0.29, 0.717) is 48.9 Å². The molecule has 0 saturated carbocycles. The lowest BCUT2D eigenvalue weighted by atomic mass is 10.1. The van der Waals surface area contributed by atoms with Crippen LogP contribution in [0.15, 0.2) is 110 Å². The Balaban J connectivity index is 1.25. The molecule has 1 aliphatic heterocycles. The number of pyridine rings is 3. The summed E-state index contributed by atoms with van der Waals surface area (Å²) >= 11 is 0. The Morgan fingerprint density at radius 3 is 1.84 bits per heavy atom. The molecule has 0 saturated heterocycles. The number of aromatic hydroxyl groups is 2. The van der Waals surface area contributed by atoms with Crippen LogP contribution < -0.4 is 14.5 Å². The highest BCUT2D eigenvalue weighted by Gasteiger charge is 2.31. The van der Waals surface area contributed by atoms with Gasteiger partial charge in [-0.3, -0.25) is 19.6 Å². The lowest BCUT2D eigenvalue weighted by Gasteiger charge is -2.33. The van der Waals surface area contributed by atoms with E-state index < -0.39 is 0 Å². The molecule has 0 spiro atoms. The van der Waals surface area contributed by atoms with Crippen molar-refractivity contribution in [1.82, 2.24) is 19.9 Å². The van der Waals surface area contributed by atoms with E-state index in [1.54, 1.807) is 35.6 Å². The molecule has 1 aliphatic rings. The Hall–Kier alpha value is -5.48. The number of amides is 1. The van der Waals surface area contributed by atoms with E-state index in [0.717, 1.165) is 17.3 Å². The molecule has 1 amide bonds. The summed E-state index contributed by atoms with van der Waals surface area (Å²) in [5, 5.41) is 20.1. The minimum atomic E-state index is -0.190. The van der Waals surface area contributed by atoms with Crippen LogP contribution in [0.2, 0.25) is 0 Å². The maximum Gasteiger partial charge on any atom is 0.245 e. The summed E-state index contributed by atoms with van der Waals surface area (Å²) in [5.74, 6) is 2.06. The van der Waals surface area contributed by atoms with Gasteiger partial charge in [-0.15, -0.1) is 0 Å². The first-order chi connectivity index (χ1) is 21.0. The van der Waals surface area contributed by atoms with Gasteiger partial charge in [-0.1, -0.05) is 18.2 Å². The van der Waals surface area contributed by atoms with E-state index >= 15 is 0 Å². The van der Waals surface area contributed by atoms with Gasteiger partial charge >= 0.3 is 0 Å². The van der Waals surface area contributed by atoms with Gasteiger partial charge in [0.1, 0.15) is 23.1 Å². The molecule has 5 aromatic rings. The van der Waals surface area contributed by atoms with Crippen LogP contribution in [0.3, 0.4) is 0 Å². The smallest absolute Gasteiger partial charge is 0.245 e. The summed E-state index contributed by atoms with van der Waals surface area (Å²) in [6.45, 7) is 1.77. The van der Waals surface area contributed by atoms with Crippen molar-refractivity contribution in [2.45, 2.75) is 13.0 Å². The SMILES string of the molecule is O=C(CN(CCCN(c1ccccn1)c1ccccn1)Cc1ccccn1)N1c2ccc(O)cc2Oc2cc(O)ccc21. The molecule has 2 aromatic carbocycles. The van der Waals surface area contributed by atoms with Gasteiger partial charge < -0.3 is 19.8 Å². The second kappa shape index (κ2) is 12.6. The van der Waals surface area contributed by atoms with E-state index in [9.17, 15) is 15.0 Å². The molecule has 0 radical (unpaired) electrons. The molecule has 0 aliphatic carbocycles. The summed E-state index contributed by atoms with van der Waals surface area (Å²) in [7, 11) is 0. The van der Waals surface area contributed by atoms with Crippen molar-refractivity contribution >= 4 is 28.9 Å². The molecule has 0 fully saturated rings. The third-order valence-electron chi connectivity index (χ3n) is 7.02. The molecule has 10 nitrogen and oxygen atoms in total. The lowest BCUT2D eigenvalue weighted by Crippen LogP contribution is -2.40. The van der Waals surface area contributed by atoms with Crippen molar-refractivity contribution in [2.24, 2.45) is 0 Å². The normalized spacial score (nSPS) is 11.9. The summed E-state index contributed by atoms with van der Waals surface area (Å²) in [5.41, 5.74) is 1.87. The highest BCUT2D eigenvalue weighted by atomic mass is 16.5. The summed E-state index contributed by atoms with van der Waals surface area (Å²) in [6, 6.07) is 26.5. The fourth-order valence-electron chi connectivity index (χ4n) is 5.08. The summed E-state index contributed by atoms with van der Waals surface area (Å²) < 4.78 is 5.94. The first-order valence-corrected chi connectivity index (χ1v) is 13.9. The zero-order valence-electron chi connectivity index (χ0n) is 23.3. The van der Waals surface area contributed by atoms with Crippen molar-refractivity contribution in [3.8, 4) is 23.0 Å². The lowest BCUT2D eigenvalue weighted by molar-refractivity contribution is -0.119. The fraction of sp³-hybridized carbons (Fsp3) is 0.152. The van der Waals surface area contributed by atoms with E-state index in [2.05, 4.69) is 24.8 Å². The number of nitrogens with zero attached hydrogens (tertiary/aromatic N) is 6. The van der Waals surface area contributed by atoms with Gasteiger partial charge in [-0.05, 0) is 67.1 Å². The molecule has 3 aromatic heterocycles. The van der Waals surface area contributed by atoms with Crippen molar-refractivity contribution in [1.29, 1.82) is 0 Å². The number of phenols is 2. The minimum absolute atomic E-state index is 0.0110. The molecule has 0 atom stereocenters. The molecule has 43 heavy (non-hydrogen) atoms. The van der Waals surface area contributed by atoms with Crippen LogP contribution in [-0.4, -0.2) is 55.6 Å². The first-order valence-electron chi connectivity index (χ1n) is 13.9. The van der Waals surface area contributed by atoms with Gasteiger partial charge in [-0.2, -0.15) is 0 Å². The number of benzene rings is 2. The average Bonchev–Trinajstić information content (AvgIpc) is 3.03. The number of phenolic OH excluding ortho intramolecular Hbond substituents is 2. The van der Waals surface area contributed by atoms with Crippen LogP contribution in [0, 0.1) is 0 Å². The van der Waals surface area contributed by atoms with Crippen LogP contribution in [0.1, 0.15) is 12.1 Å². The Kier molecular flexibility index (Phi) is 8.10. The maximum absolute atomic E-state index is 14.1. The third kappa shape index (κ3) is 6.39. The Labute approximate surface area is 249 Å². The van der Waals surface area contributed by atoms with Gasteiger partial charge in [-0.25, -0.2) is 9.97 Å². The predicted octanol–water partition coefficient (Wildman–Crippen LogP) is 5.78. The molecule has 216 valence electrons. The quantitative estimate of drug-likeness (QED) is 0.214. The van der Waals surface area contributed by atoms with Crippen LogP contribution in [-0.2, 0) is 11.3 Å². The van der Waals surface area contributed by atoms with Crippen LogP contribution >= 0.6 is 0 Å². The summed E-state index contributed by atoms with van der Waals surface area (Å²) in [4.78, 5) is 33.4. The van der Waals surface area contributed by atoms with E-state index in [1.165, 1.54) is 24.3 Å². The Bertz CT molecular complexity index is 1600. The number of aromatic nitrogens is 3. The van der Waals surface area contributed by atoms with Crippen molar-refractivity contribution in [3.63, 3.8) is 0 Å².